The number of esters is 3. The Morgan fingerprint density at radius 3 is 0.969 bits per heavy atom. The lowest BCUT2D eigenvalue weighted by molar-refractivity contribution is -0.167. The Labute approximate surface area is 397 Å². The van der Waals surface area contributed by atoms with Crippen molar-refractivity contribution < 1.29 is 28.6 Å². The third-order valence-corrected chi connectivity index (χ3v) is 12.4. The van der Waals surface area contributed by atoms with Gasteiger partial charge in [0.05, 0.1) is 0 Å². The van der Waals surface area contributed by atoms with Crippen LogP contribution in [0.1, 0.15) is 297 Å². The fourth-order valence-corrected chi connectivity index (χ4v) is 8.18. The van der Waals surface area contributed by atoms with Gasteiger partial charge in [-0.25, -0.2) is 0 Å². The van der Waals surface area contributed by atoms with Crippen LogP contribution in [0, 0.1) is 0 Å². The highest BCUT2D eigenvalue weighted by molar-refractivity contribution is 5.71. The van der Waals surface area contributed by atoms with E-state index in [1.165, 1.54) is 167 Å². The fraction of sp³-hybridized carbons (Fsp3) is 0.845. The molecule has 0 amide bonds. The zero-order valence-corrected chi connectivity index (χ0v) is 42.8. The molecular weight excluding hydrogens is 793 g/mol. The third-order valence-electron chi connectivity index (χ3n) is 12.4. The Bertz CT molecular complexity index is 1080. The second-order valence-electron chi connectivity index (χ2n) is 18.8. The summed E-state index contributed by atoms with van der Waals surface area (Å²) in [6.07, 6.45) is 62.8. The molecule has 0 N–H and O–H groups in total. The van der Waals surface area contributed by atoms with Gasteiger partial charge in [0, 0.05) is 19.3 Å². The Hall–Kier alpha value is -2.37. The summed E-state index contributed by atoms with van der Waals surface area (Å²) >= 11 is 0. The van der Waals surface area contributed by atoms with Crippen LogP contribution in [-0.2, 0) is 28.6 Å². The van der Waals surface area contributed by atoms with E-state index in [9.17, 15) is 14.4 Å². The van der Waals surface area contributed by atoms with Gasteiger partial charge in [0.15, 0.2) is 6.10 Å². The molecule has 0 aliphatic carbocycles. The fourth-order valence-electron chi connectivity index (χ4n) is 8.18. The van der Waals surface area contributed by atoms with Crippen LogP contribution in [0.2, 0.25) is 0 Å². The van der Waals surface area contributed by atoms with Crippen molar-refractivity contribution in [3.8, 4) is 0 Å². The predicted molar refractivity (Wildman–Crippen MR) is 275 cm³/mol. The van der Waals surface area contributed by atoms with Gasteiger partial charge >= 0.3 is 17.9 Å². The van der Waals surface area contributed by atoms with Crippen LogP contribution in [0.25, 0.3) is 0 Å². The SMILES string of the molecule is CC/C=C\C/C=C\CCCCCCCCCC(=O)OC(COC(=O)CCCCC/C=C\CCCCCCCCC)COC(=O)CCCCCCCCCCCCCCCCCCCC. The minimum atomic E-state index is -0.779. The van der Waals surface area contributed by atoms with Crippen LogP contribution in [0.5, 0.6) is 0 Å². The summed E-state index contributed by atoms with van der Waals surface area (Å²) < 4.78 is 16.8. The van der Waals surface area contributed by atoms with Crippen LogP contribution in [0.15, 0.2) is 36.5 Å². The van der Waals surface area contributed by atoms with Crippen molar-refractivity contribution in [2.24, 2.45) is 0 Å². The van der Waals surface area contributed by atoms with E-state index in [1.54, 1.807) is 0 Å². The molecule has 6 heteroatoms. The number of rotatable bonds is 51. The zero-order valence-electron chi connectivity index (χ0n) is 42.8. The molecule has 374 valence electrons. The van der Waals surface area contributed by atoms with Gasteiger partial charge in [-0.15, -0.1) is 0 Å². The molecule has 0 saturated heterocycles. The van der Waals surface area contributed by atoms with Gasteiger partial charge in [-0.3, -0.25) is 14.4 Å². The standard InChI is InChI=1S/C58H106O6/c1-4-7-10-13-16-19-22-25-28-29-30-31-34-36-39-42-45-48-51-57(60)63-54-55(64-58(61)52-49-46-43-40-37-33-27-24-21-18-15-12-9-6-3)53-62-56(59)50-47-44-41-38-35-32-26-23-20-17-14-11-8-5-2/h9,12,18,21,32,35,55H,4-8,10-11,13-17,19-20,22-31,33-34,36-54H2,1-3H3/b12-9-,21-18-,35-32-. The minimum absolute atomic E-state index is 0.0767. The van der Waals surface area contributed by atoms with Crippen molar-refractivity contribution in [2.75, 3.05) is 13.2 Å². The second kappa shape index (κ2) is 53.2. The predicted octanol–water partition coefficient (Wildman–Crippen LogP) is 18.5. The number of hydrogen-bond acceptors (Lipinski definition) is 6. The van der Waals surface area contributed by atoms with Gasteiger partial charge in [0.2, 0.25) is 0 Å². The minimum Gasteiger partial charge on any atom is -0.462 e. The van der Waals surface area contributed by atoms with Crippen molar-refractivity contribution >= 4 is 17.9 Å². The summed E-state index contributed by atoms with van der Waals surface area (Å²) in [5.41, 5.74) is 0. The molecular formula is C58H106O6. The summed E-state index contributed by atoms with van der Waals surface area (Å²) in [4.78, 5) is 38.1. The van der Waals surface area contributed by atoms with Crippen molar-refractivity contribution in [1.82, 2.24) is 0 Å². The van der Waals surface area contributed by atoms with E-state index in [2.05, 4.69) is 57.2 Å². The number of carbonyl (C=O) groups is 3. The average Bonchev–Trinajstić information content (AvgIpc) is 3.29. The van der Waals surface area contributed by atoms with Crippen molar-refractivity contribution in [1.29, 1.82) is 0 Å². The first-order chi connectivity index (χ1) is 31.5. The molecule has 6 nitrogen and oxygen atoms in total. The molecule has 64 heavy (non-hydrogen) atoms. The van der Waals surface area contributed by atoms with E-state index in [-0.39, 0.29) is 31.1 Å². The molecule has 0 fully saturated rings. The van der Waals surface area contributed by atoms with E-state index in [4.69, 9.17) is 14.2 Å². The number of carbonyl (C=O) groups excluding carboxylic acids is 3. The summed E-state index contributed by atoms with van der Waals surface area (Å²) in [5.74, 6) is -0.887. The molecule has 0 aromatic carbocycles. The highest BCUT2D eigenvalue weighted by Gasteiger charge is 2.19. The quantitative estimate of drug-likeness (QED) is 0.0262. The van der Waals surface area contributed by atoms with Gasteiger partial charge in [-0.1, -0.05) is 243 Å². The molecule has 0 rings (SSSR count). The Morgan fingerprint density at radius 1 is 0.328 bits per heavy atom. The lowest BCUT2D eigenvalue weighted by Crippen LogP contribution is -2.30. The molecule has 0 aliphatic rings. The van der Waals surface area contributed by atoms with E-state index in [0.717, 1.165) is 89.9 Å². The molecule has 0 aliphatic heterocycles. The highest BCUT2D eigenvalue weighted by Crippen LogP contribution is 2.16. The third kappa shape index (κ3) is 50.6. The second-order valence-corrected chi connectivity index (χ2v) is 18.8. The first-order valence-electron chi connectivity index (χ1n) is 28.0. The van der Waals surface area contributed by atoms with Crippen LogP contribution in [0.3, 0.4) is 0 Å². The molecule has 0 saturated carbocycles. The van der Waals surface area contributed by atoms with Crippen LogP contribution in [0.4, 0.5) is 0 Å². The van der Waals surface area contributed by atoms with Crippen LogP contribution >= 0.6 is 0 Å². The van der Waals surface area contributed by atoms with E-state index >= 15 is 0 Å². The first-order valence-corrected chi connectivity index (χ1v) is 28.0. The first kappa shape index (κ1) is 61.6. The Morgan fingerprint density at radius 2 is 0.609 bits per heavy atom. The molecule has 0 heterocycles. The number of allylic oxidation sites excluding steroid dienone is 6. The topological polar surface area (TPSA) is 78.9 Å². The van der Waals surface area contributed by atoms with Gasteiger partial charge < -0.3 is 14.2 Å². The van der Waals surface area contributed by atoms with Crippen molar-refractivity contribution in [3.63, 3.8) is 0 Å². The number of unbranched alkanes of at least 4 members (excludes halogenated alkanes) is 34. The smallest absolute Gasteiger partial charge is 0.306 e. The number of ether oxygens (including phenoxy) is 3. The van der Waals surface area contributed by atoms with Crippen LogP contribution in [-0.4, -0.2) is 37.2 Å². The van der Waals surface area contributed by atoms with E-state index < -0.39 is 6.10 Å². The highest BCUT2D eigenvalue weighted by atomic mass is 16.6. The maximum absolute atomic E-state index is 12.8. The molecule has 0 aromatic rings. The molecule has 0 aromatic heterocycles. The summed E-state index contributed by atoms with van der Waals surface area (Å²) in [6.45, 7) is 6.55. The van der Waals surface area contributed by atoms with Gasteiger partial charge in [0.1, 0.15) is 13.2 Å². The molecule has 1 unspecified atom stereocenters. The lowest BCUT2D eigenvalue weighted by Gasteiger charge is -2.18. The maximum Gasteiger partial charge on any atom is 0.306 e. The average molecular weight is 899 g/mol. The van der Waals surface area contributed by atoms with Gasteiger partial charge in [-0.05, 0) is 70.6 Å². The summed E-state index contributed by atoms with van der Waals surface area (Å²) in [5, 5.41) is 0. The molecule has 0 spiro atoms. The lowest BCUT2D eigenvalue weighted by atomic mass is 10.0. The van der Waals surface area contributed by atoms with Crippen LogP contribution < -0.4 is 0 Å². The largest absolute Gasteiger partial charge is 0.462 e. The molecule has 1 atom stereocenters. The maximum atomic E-state index is 12.8. The molecule has 0 bridgehead atoms. The Balaban J connectivity index is 4.34. The van der Waals surface area contributed by atoms with Crippen molar-refractivity contribution in [2.45, 2.75) is 303 Å². The summed E-state index contributed by atoms with van der Waals surface area (Å²) in [7, 11) is 0. The monoisotopic (exact) mass is 899 g/mol. The Kier molecular flexibility index (Phi) is 51.3. The summed E-state index contributed by atoms with van der Waals surface area (Å²) in [6, 6.07) is 0. The van der Waals surface area contributed by atoms with Gasteiger partial charge in [-0.2, -0.15) is 0 Å². The number of hydrogen-bond donors (Lipinski definition) is 0. The van der Waals surface area contributed by atoms with Gasteiger partial charge in [0.25, 0.3) is 0 Å². The van der Waals surface area contributed by atoms with Crippen molar-refractivity contribution in [3.05, 3.63) is 36.5 Å². The normalized spacial score (nSPS) is 12.2. The van der Waals surface area contributed by atoms with E-state index in [1.807, 2.05) is 0 Å². The molecule has 0 radical (unpaired) electrons. The van der Waals surface area contributed by atoms with E-state index in [0.29, 0.717) is 19.3 Å². The zero-order chi connectivity index (χ0) is 46.5.